The Bertz CT molecular complexity index is 627. The van der Waals surface area contributed by atoms with E-state index in [4.69, 9.17) is 11.6 Å². The number of halogens is 1. The second-order valence-corrected chi connectivity index (χ2v) is 5.00. The lowest BCUT2D eigenvalue weighted by molar-refractivity contribution is 0.0734. The molecule has 0 bridgehead atoms. The zero-order chi connectivity index (χ0) is 13.2. The zero-order valence-corrected chi connectivity index (χ0v) is 11.1. The lowest BCUT2D eigenvalue weighted by Crippen LogP contribution is -2.35. The summed E-state index contributed by atoms with van der Waals surface area (Å²) in [6.07, 6.45) is 2.47. The quantitative estimate of drug-likeness (QED) is 0.748. The van der Waals surface area contributed by atoms with Crippen molar-refractivity contribution in [2.45, 2.75) is 13.0 Å². The fraction of sp³-hybridized carbons (Fsp3) is 0.200. The van der Waals surface area contributed by atoms with Gasteiger partial charge in [0.2, 0.25) is 0 Å². The van der Waals surface area contributed by atoms with Gasteiger partial charge in [-0.2, -0.15) is 0 Å². The molecule has 0 atom stereocenters. The van der Waals surface area contributed by atoms with Crippen LogP contribution in [0.1, 0.15) is 21.5 Å². The molecular formula is C15H13ClN2O. The molecule has 0 fully saturated rings. The molecule has 1 amide bonds. The van der Waals surface area contributed by atoms with E-state index in [2.05, 4.69) is 17.1 Å². The van der Waals surface area contributed by atoms with Gasteiger partial charge in [0.15, 0.2) is 0 Å². The van der Waals surface area contributed by atoms with Crippen LogP contribution in [0.2, 0.25) is 5.15 Å². The first-order chi connectivity index (χ1) is 9.24. The van der Waals surface area contributed by atoms with Crippen molar-refractivity contribution in [1.82, 2.24) is 9.88 Å². The third kappa shape index (κ3) is 2.47. The van der Waals surface area contributed by atoms with E-state index in [1.807, 2.05) is 17.0 Å². The summed E-state index contributed by atoms with van der Waals surface area (Å²) in [5.41, 5.74) is 3.15. The van der Waals surface area contributed by atoms with E-state index in [0.717, 1.165) is 13.0 Å². The fourth-order valence-corrected chi connectivity index (χ4v) is 2.56. The highest BCUT2D eigenvalue weighted by molar-refractivity contribution is 6.29. The summed E-state index contributed by atoms with van der Waals surface area (Å²) in [6.45, 7) is 1.41. The second kappa shape index (κ2) is 5.02. The Morgan fingerprint density at radius 2 is 2.00 bits per heavy atom. The molecule has 2 heterocycles. The van der Waals surface area contributed by atoms with Gasteiger partial charge in [-0.3, -0.25) is 4.79 Å². The van der Waals surface area contributed by atoms with Gasteiger partial charge in [-0.1, -0.05) is 35.9 Å². The van der Waals surface area contributed by atoms with Crippen molar-refractivity contribution < 1.29 is 4.79 Å². The summed E-state index contributed by atoms with van der Waals surface area (Å²) in [7, 11) is 0. The molecule has 1 aromatic heterocycles. The van der Waals surface area contributed by atoms with E-state index in [-0.39, 0.29) is 5.91 Å². The maximum Gasteiger partial charge on any atom is 0.254 e. The Balaban J connectivity index is 1.83. The van der Waals surface area contributed by atoms with Gasteiger partial charge in [-0.25, -0.2) is 4.98 Å². The van der Waals surface area contributed by atoms with Gasteiger partial charge in [0.05, 0.1) is 0 Å². The number of rotatable bonds is 1. The largest absolute Gasteiger partial charge is 0.334 e. The number of hydrogen-bond acceptors (Lipinski definition) is 2. The number of hydrogen-bond donors (Lipinski definition) is 0. The van der Waals surface area contributed by atoms with Crippen LogP contribution in [0.25, 0.3) is 0 Å². The van der Waals surface area contributed by atoms with Crippen molar-refractivity contribution in [3.05, 3.63) is 64.4 Å². The van der Waals surface area contributed by atoms with Crippen LogP contribution in [0.15, 0.2) is 42.6 Å². The van der Waals surface area contributed by atoms with Gasteiger partial charge < -0.3 is 4.90 Å². The molecule has 2 aromatic rings. The molecule has 0 unspecified atom stereocenters. The first-order valence-electron chi connectivity index (χ1n) is 6.21. The predicted octanol–water partition coefficient (Wildman–Crippen LogP) is 2.93. The highest BCUT2D eigenvalue weighted by Crippen LogP contribution is 2.20. The summed E-state index contributed by atoms with van der Waals surface area (Å²) >= 11 is 5.83. The van der Waals surface area contributed by atoms with Crippen LogP contribution in [-0.2, 0) is 13.0 Å². The zero-order valence-electron chi connectivity index (χ0n) is 10.3. The van der Waals surface area contributed by atoms with Crippen molar-refractivity contribution in [1.29, 1.82) is 0 Å². The van der Waals surface area contributed by atoms with Gasteiger partial charge in [0, 0.05) is 24.8 Å². The molecule has 19 heavy (non-hydrogen) atoms. The Labute approximate surface area is 116 Å². The molecule has 0 radical (unpaired) electrons. The summed E-state index contributed by atoms with van der Waals surface area (Å²) in [4.78, 5) is 18.2. The van der Waals surface area contributed by atoms with Crippen LogP contribution in [0, 0.1) is 0 Å². The van der Waals surface area contributed by atoms with Crippen molar-refractivity contribution in [2.75, 3.05) is 6.54 Å². The Morgan fingerprint density at radius 3 is 2.79 bits per heavy atom. The van der Waals surface area contributed by atoms with E-state index >= 15 is 0 Å². The number of amides is 1. The predicted molar refractivity (Wildman–Crippen MR) is 74.1 cm³/mol. The highest BCUT2D eigenvalue weighted by Gasteiger charge is 2.21. The topological polar surface area (TPSA) is 33.2 Å². The standard InChI is InChI=1S/C15H13ClN2O/c16-14-9-12(5-7-17-14)15(19)18-8-6-11-3-1-2-4-13(11)10-18/h1-5,7,9H,6,8,10H2. The van der Waals surface area contributed by atoms with E-state index in [0.29, 0.717) is 17.3 Å². The average molecular weight is 273 g/mol. The molecule has 0 N–H and O–H groups in total. The fourth-order valence-electron chi connectivity index (χ4n) is 2.39. The summed E-state index contributed by atoms with van der Waals surface area (Å²) in [5, 5.41) is 0.350. The molecule has 0 saturated carbocycles. The summed E-state index contributed by atoms with van der Waals surface area (Å²) in [6, 6.07) is 11.6. The number of carbonyl (C=O) groups excluding carboxylic acids is 1. The number of carbonyl (C=O) groups is 1. The smallest absolute Gasteiger partial charge is 0.254 e. The van der Waals surface area contributed by atoms with E-state index < -0.39 is 0 Å². The van der Waals surface area contributed by atoms with Gasteiger partial charge in [-0.05, 0) is 29.7 Å². The number of fused-ring (bicyclic) bond motifs is 1. The number of nitrogens with zero attached hydrogens (tertiary/aromatic N) is 2. The van der Waals surface area contributed by atoms with E-state index in [1.165, 1.54) is 11.1 Å². The molecule has 0 spiro atoms. The molecule has 96 valence electrons. The van der Waals surface area contributed by atoms with Gasteiger partial charge in [-0.15, -0.1) is 0 Å². The van der Waals surface area contributed by atoms with Crippen LogP contribution in [0.4, 0.5) is 0 Å². The summed E-state index contributed by atoms with van der Waals surface area (Å²) < 4.78 is 0. The number of pyridine rings is 1. The maximum atomic E-state index is 12.4. The monoisotopic (exact) mass is 272 g/mol. The van der Waals surface area contributed by atoms with Crippen molar-refractivity contribution in [3.63, 3.8) is 0 Å². The normalized spacial score (nSPS) is 14.1. The minimum absolute atomic E-state index is 0.0128. The molecule has 3 nitrogen and oxygen atoms in total. The van der Waals surface area contributed by atoms with Crippen LogP contribution < -0.4 is 0 Å². The van der Waals surface area contributed by atoms with Crippen LogP contribution >= 0.6 is 11.6 Å². The lowest BCUT2D eigenvalue weighted by atomic mass is 9.99. The molecule has 0 saturated heterocycles. The second-order valence-electron chi connectivity index (χ2n) is 4.61. The highest BCUT2D eigenvalue weighted by atomic mass is 35.5. The van der Waals surface area contributed by atoms with Crippen LogP contribution in [0.3, 0.4) is 0 Å². The number of benzene rings is 1. The molecule has 4 heteroatoms. The molecule has 1 aliphatic heterocycles. The van der Waals surface area contributed by atoms with Crippen LogP contribution in [0.5, 0.6) is 0 Å². The first-order valence-corrected chi connectivity index (χ1v) is 6.59. The van der Waals surface area contributed by atoms with Gasteiger partial charge in [0.25, 0.3) is 5.91 Å². The Kier molecular flexibility index (Phi) is 3.22. The Morgan fingerprint density at radius 1 is 1.21 bits per heavy atom. The maximum absolute atomic E-state index is 12.4. The van der Waals surface area contributed by atoms with E-state index in [1.54, 1.807) is 18.3 Å². The lowest BCUT2D eigenvalue weighted by Gasteiger charge is -2.28. The molecule has 3 rings (SSSR count). The molecule has 0 aliphatic carbocycles. The minimum Gasteiger partial charge on any atom is -0.334 e. The van der Waals surface area contributed by atoms with Crippen LogP contribution in [-0.4, -0.2) is 22.3 Å². The van der Waals surface area contributed by atoms with Gasteiger partial charge in [0.1, 0.15) is 5.15 Å². The Hall–Kier alpha value is -1.87. The first kappa shape index (κ1) is 12.2. The molecule has 1 aliphatic rings. The van der Waals surface area contributed by atoms with Crippen molar-refractivity contribution >= 4 is 17.5 Å². The van der Waals surface area contributed by atoms with Crippen molar-refractivity contribution in [3.8, 4) is 0 Å². The average Bonchev–Trinajstić information content (AvgIpc) is 2.46. The third-order valence-corrected chi connectivity index (χ3v) is 3.60. The minimum atomic E-state index is 0.0128. The number of aromatic nitrogens is 1. The molecule has 1 aromatic carbocycles. The van der Waals surface area contributed by atoms with Gasteiger partial charge >= 0.3 is 0 Å². The van der Waals surface area contributed by atoms with E-state index in [9.17, 15) is 4.79 Å². The molecular weight excluding hydrogens is 260 g/mol. The van der Waals surface area contributed by atoms with Crippen molar-refractivity contribution in [2.24, 2.45) is 0 Å². The summed E-state index contributed by atoms with van der Waals surface area (Å²) in [5.74, 6) is 0.0128. The third-order valence-electron chi connectivity index (χ3n) is 3.39. The SMILES string of the molecule is O=C(c1ccnc(Cl)c1)N1CCc2ccccc2C1.